The molecule has 2 saturated heterocycles. The first-order chi connectivity index (χ1) is 7.15. The van der Waals surface area contributed by atoms with Crippen molar-refractivity contribution in [2.45, 2.75) is 32.4 Å². The molecule has 3 nitrogen and oxygen atoms in total. The molecule has 2 fully saturated rings. The van der Waals surface area contributed by atoms with Gasteiger partial charge in [0.05, 0.1) is 0 Å². The summed E-state index contributed by atoms with van der Waals surface area (Å²) < 4.78 is 0. The second kappa shape index (κ2) is 4.81. The van der Waals surface area contributed by atoms with Crippen LogP contribution in [0.1, 0.15) is 20.3 Å². The normalized spacial score (nSPS) is 34.4. The van der Waals surface area contributed by atoms with Gasteiger partial charge in [-0.15, -0.1) is 0 Å². The molecule has 88 valence electrons. The van der Waals surface area contributed by atoms with Gasteiger partial charge in [-0.1, -0.05) is 13.8 Å². The fourth-order valence-corrected chi connectivity index (χ4v) is 2.86. The summed E-state index contributed by atoms with van der Waals surface area (Å²) in [5.74, 6) is 0.812. The minimum atomic E-state index is 0.727. The lowest BCUT2D eigenvalue weighted by atomic mass is 9.99. The van der Waals surface area contributed by atoms with Gasteiger partial charge in [-0.2, -0.15) is 0 Å². The molecule has 0 bridgehead atoms. The molecule has 3 heteroatoms. The molecule has 0 radical (unpaired) electrons. The number of fused-ring (bicyclic) bond motifs is 1. The summed E-state index contributed by atoms with van der Waals surface area (Å²) in [7, 11) is 2.23. The number of likely N-dealkylation sites (N-methyl/N-ethyl adjacent to an activating group) is 1. The van der Waals surface area contributed by atoms with Gasteiger partial charge in [-0.25, -0.2) is 0 Å². The Morgan fingerprint density at radius 2 is 2.07 bits per heavy atom. The predicted molar refractivity (Wildman–Crippen MR) is 64.1 cm³/mol. The first-order valence-electron chi connectivity index (χ1n) is 6.31. The summed E-state index contributed by atoms with van der Waals surface area (Å²) in [5.41, 5.74) is 0. The van der Waals surface area contributed by atoms with Gasteiger partial charge >= 0.3 is 0 Å². The molecule has 0 aromatic rings. The van der Waals surface area contributed by atoms with Crippen molar-refractivity contribution in [3.05, 3.63) is 0 Å². The van der Waals surface area contributed by atoms with Crippen LogP contribution in [0.4, 0.5) is 0 Å². The van der Waals surface area contributed by atoms with Crippen LogP contribution in [-0.2, 0) is 0 Å². The number of nitrogens with zero attached hydrogens (tertiary/aromatic N) is 2. The smallest absolute Gasteiger partial charge is 0.0349 e. The van der Waals surface area contributed by atoms with E-state index in [0.717, 1.165) is 18.0 Å². The zero-order valence-corrected chi connectivity index (χ0v) is 10.4. The summed E-state index contributed by atoms with van der Waals surface area (Å²) in [5, 5.41) is 3.70. The van der Waals surface area contributed by atoms with Crippen molar-refractivity contribution in [2.75, 3.05) is 39.8 Å². The number of hydrogen-bond acceptors (Lipinski definition) is 3. The van der Waals surface area contributed by atoms with Crippen molar-refractivity contribution >= 4 is 0 Å². The lowest BCUT2D eigenvalue weighted by molar-refractivity contribution is 0.0503. The highest BCUT2D eigenvalue weighted by atomic mass is 15.3. The molecule has 0 saturated carbocycles. The van der Waals surface area contributed by atoms with Crippen molar-refractivity contribution in [2.24, 2.45) is 5.92 Å². The molecule has 0 aromatic carbocycles. The topological polar surface area (TPSA) is 18.5 Å². The maximum Gasteiger partial charge on any atom is 0.0349 e. The molecule has 0 spiro atoms. The van der Waals surface area contributed by atoms with Crippen molar-refractivity contribution in [1.82, 2.24) is 15.1 Å². The van der Waals surface area contributed by atoms with Gasteiger partial charge in [-0.05, 0) is 19.4 Å². The molecule has 2 rings (SSSR count). The van der Waals surface area contributed by atoms with E-state index in [1.807, 2.05) is 0 Å². The SMILES string of the molecule is CC(C)C[C@@H]1CN2CCN(C)CC2CN1. The Kier molecular flexibility index (Phi) is 3.65. The Balaban J connectivity index is 1.84. The standard InChI is InChI=1S/C12H25N3/c1-10(2)6-11-8-15-5-4-14(3)9-12(15)7-13-11/h10-13H,4-9H2,1-3H3/t11-,12?/m1/s1. The zero-order chi connectivity index (χ0) is 10.8. The molecule has 1 N–H and O–H groups in total. The third-order valence-corrected chi connectivity index (χ3v) is 3.66. The van der Waals surface area contributed by atoms with Crippen LogP contribution in [0.15, 0.2) is 0 Å². The monoisotopic (exact) mass is 211 g/mol. The van der Waals surface area contributed by atoms with Crippen molar-refractivity contribution in [3.8, 4) is 0 Å². The Morgan fingerprint density at radius 3 is 2.80 bits per heavy atom. The molecule has 1 unspecified atom stereocenters. The highest BCUT2D eigenvalue weighted by Gasteiger charge is 2.31. The van der Waals surface area contributed by atoms with E-state index in [4.69, 9.17) is 0 Å². The lowest BCUT2D eigenvalue weighted by Gasteiger charge is -2.46. The fraction of sp³-hybridized carbons (Fsp3) is 1.00. The first kappa shape index (κ1) is 11.4. The van der Waals surface area contributed by atoms with Gasteiger partial charge in [0.2, 0.25) is 0 Å². The summed E-state index contributed by atoms with van der Waals surface area (Å²) in [6, 6.07) is 1.48. The molecule has 2 aliphatic rings. The third-order valence-electron chi connectivity index (χ3n) is 3.66. The predicted octanol–water partition coefficient (Wildman–Crippen LogP) is 0.620. The largest absolute Gasteiger partial charge is 0.311 e. The second-order valence-corrected chi connectivity index (χ2v) is 5.65. The van der Waals surface area contributed by atoms with E-state index in [2.05, 4.69) is 36.0 Å². The Labute approximate surface area is 93.8 Å². The van der Waals surface area contributed by atoms with Crippen LogP contribution in [0.3, 0.4) is 0 Å². The van der Waals surface area contributed by atoms with Crippen LogP contribution in [0.5, 0.6) is 0 Å². The summed E-state index contributed by atoms with van der Waals surface area (Å²) in [6.45, 7) is 10.8. The van der Waals surface area contributed by atoms with Crippen LogP contribution in [0.25, 0.3) is 0 Å². The van der Waals surface area contributed by atoms with Gasteiger partial charge in [0.15, 0.2) is 0 Å². The van der Waals surface area contributed by atoms with E-state index in [0.29, 0.717) is 0 Å². The van der Waals surface area contributed by atoms with Crippen LogP contribution in [-0.4, -0.2) is 61.7 Å². The molecular weight excluding hydrogens is 186 g/mol. The van der Waals surface area contributed by atoms with E-state index in [1.54, 1.807) is 0 Å². The molecule has 15 heavy (non-hydrogen) atoms. The number of rotatable bonds is 2. The highest BCUT2D eigenvalue weighted by Crippen LogP contribution is 2.16. The average molecular weight is 211 g/mol. The van der Waals surface area contributed by atoms with Gasteiger partial charge < -0.3 is 10.2 Å². The molecule has 2 heterocycles. The quantitative estimate of drug-likeness (QED) is 0.722. The average Bonchev–Trinajstić information content (AvgIpc) is 2.17. The highest BCUT2D eigenvalue weighted by molar-refractivity contribution is 4.90. The van der Waals surface area contributed by atoms with Crippen LogP contribution in [0.2, 0.25) is 0 Å². The lowest BCUT2D eigenvalue weighted by Crippen LogP contribution is -2.63. The van der Waals surface area contributed by atoms with Gasteiger partial charge in [0, 0.05) is 44.8 Å². The number of nitrogens with one attached hydrogen (secondary N) is 1. The van der Waals surface area contributed by atoms with Crippen LogP contribution >= 0.6 is 0 Å². The maximum absolute atomic E-state index is 3.70. The molecular formula is C12H25N3. The molecule has 0 aromatic heterocycles. The Hall–Kier alpha value is -0.120. The van der Waals surface area contributed by atoms with E-state index >= 15 is 0 Å². The number of hydrogen-bond donors (Lipinski definition) is 1. The van der Waals surface area contributed by atoms with Gasteiger partial charge in [-0.3, -0.25) is 4.90 Å². The minimum Gasteiger partial charge on any atom is -0.311 e. The Bertz CT molecular complexity index is 205. The van der Waals surface area contributed by atoms with Crippen molar-refractivity contribution in [1.29, 1.82) is 0 Å². The fourth-order valence-electron chi connectivity index (χ4n) is 2.86. The van der Waals surface area contributed by atoms with Crippen LogP contribution in [0, 0.1) is 5.92 Å². The van der Waals surface area contributed by atoms with Crippen LogP contribution < -0.4 is 5.32 Å². The van der Waals surface area contributed by atoms with E-state index in [-0.39, 0.29) is 0 Å². The molecule has 0 aliphatic carbocycles. The Morgan fingerprint density at radius 1 is 1.27 bits per heavy atom. The third kappa shape index (κ3) is 2.92. The summed E-state index contributed by atoms with van der Waals surface area (Å²) in [4.78, 5) is 5.13. The first-order valence-corrected chi connectivity index (χ1v) is 6.31. The molecule has 2 aliphatic heterocycles. The minimum absolute atomic E-state index is 0.727. The maximum atomic E-state index is 3.70. The molecule has 2 atom stereocenters. The number of piperazine rings is 2. The zero-order valence-electron chi connectivity index (χ0n) is 10.4. The van der Waals surface area contributed by atoms with Gasteiger partial charge in [0.1, 0.15) is 0 Å². The van der Waals surface area contributed by atoms with E-state index < -0.39 is 0 Å². The van der Waals surface area contributed by atoms with E-state index in [9.17, 15) is 0 Å². The second-order valence-electron chi connectivity index (χ2n) is 5.65. The van der Waals surface area contributed by atoms with E-state index in [1.165, 1.54) is 39.1 Å². The van der Waals surface area contributed by atoms with Crippen molar-refractivity contribution < 1.29 is 0 Å². The molecule has 0 amide bonds. The summed E-state index contributed by atoms with van der Waals surface area (Å²) >= 11 is 0. The van der Waals surface area contributed by atoms with Gasteiger partial charge in [0.25, 0.3) is 0 Å². The summed E-state index contributed by atoms with van der Waals surface area (Å²) in [6.07, 6.45) is 1.32. The van der Waals surface area contributed by atoms with Crippen molar-refractivity contribution in [3.63, 3.8) is 0 Å².